The first-order valence-corrected chi connectivity index (χ1v) is 5.17. The van der Waals surface area contributed by atoms with Crippen molar-refractivity contribution in [1.29, 1.82) is 0 Å². The number of anilines is 1. The molecule has 0 atom stereocenters. The highest BCUT2D eigenvalue weighted by atomic mass is 15.1. The van der Waals surface area contributed by atoms with Crippen molar-refractivity contribution in [2.45, 2.75) is 12.8 Å². The molecule has 1 saturated heterocycles. The summed E-state index contributed by atoms with van der Waals surface area (Å²) in [6.07, 6.45) is 7.74. The lowest BCUT2D eigenvalue weighted by Crippen LogP contribution is -2.34. The van der Waals surface area contributed by atoms with Crippen molar-refractivity contribution in [2.75, 3.05) is 31.1 Å². The van der Waals surface area contributed by atoms with Crippen molar-refractivity contribution in [1.82, 2.24) is 15.3 Å². The normalized spacial score (nSPS) is 18.7. The van der Waals surface area contributed by atoms with Gasteiger partial charge in [0.25, 0.3) is 0 Å². The standard InChI is InChI=1S/C10H16N4/c1-3-11-4-2-6-14(5-1)10-7-12-9-13-8-10/h7-9,11H,1-6H2. The van der Waals surface area contributed by atoms with Gasteiger partial charge < -0.3 is 10.2 Å². The first-order chi connectivity index (χ1) is 6.97. The molecule has 0 aromatic carbocycles. The molecule has 4 heteroatoms. The Morgan fingerprint density at radius 3 is 2.36 bits per heavy atom. The van der Waals surface area contributed by atoms with E-state index in [0.717, 1.165) is 31.9 Å². The maximum atomic E-state index is 4.05. The SMILES string of the molecule is c1ncc(N2CCCNCCC2)cn1. The van der Waals surface area contributed by atoms with Gasteiger partial charge in [0.05, 0.1) is 18.1 Å². The summed E-state index contributed by atoms with van der Waals surface area (Å²) in [6, 6.07) is 0. The van der Waals surface area contributed by atoms with Crippen molar-refractivity contribution >= 4 is 5.69 Å². The molecule has 2 heterocycles. The zero-order valence-corrected chi connectivity index (χ0v) is 8.32. The lowest BCUT2D eigenvalue weighted by molar-refractivity contribution is 0.567. The summed E-state index contributed by atoms with van der Waals surface area (Å²) in [5.74, 6) is 0. The van der Waals surface area contributed by atoms with Gasteiger partial charge in [-0.2, -0.15) is 0 Å². The molecular weight excluding hydrogens is 176 g/mol. The van der Waals surface area contributed by atoms with Crippen LogP contribution in [-0.2, 0) is 0 Å². The number of rotatable bonds is 1. The molecule has 1 aromatic heterocycles. The highest BCUT2D eigenvalue weighted by Gasteiger charge is 2.08. The second kappa shape index (κ2) is 4.91. The largest absolute Gasteiger partial charge is 0.369 e. The van der Waals surface area contributed by atoms with E-state index in [9.17, 15) is 0 Å². The van der Waals surface area contributed by atoms with E-state index in [4.69, 9.17) is 0 Å². The van der Waals surface area contributed by atoms with E-state index in [1.165, 1.54) is 12.8 Å². The van der Waals surface area contributed by atoms with Crippen LogP contribution in [0.3, 0.4) is 0 Å². The lowest BCUT2D eigenvalue weighted by atomic mass is 10.2. The third-order valence-corrected chi connectivity index (χ3v) is 2.48. The van der Waals surface area contributed by atoms with E-state index >= 15 is 0 Å². The van der Waals surface area contributed by atoms with Crippen LogP contribution in [0.25, 0.3) is 0 Å². The molecule has 76 valence electrons. The highest BCUT2D eigenvalue weighted by Crippen LogP contribution is 2.11. The van der Waals surface area contributed by atoms with Gasteiger partial charge in [-0.3, -0.25) is 0 Å². The third kappa shape index (κ3) is 2.42. The molecule has 1 aromatic rings. The van der Waals surface area contributed by atoms with Gasteiger partial charge in [0.2, 0.25) is 0 Å². The molecule has 0 saturated carbocycles. The molecule has 2 rings (SSSR count). The molecule has 14 heavy (non-hydrogen) atoms. The number of aromatic nitrogens is 2. The van der Waals surface area contributed by atoms with E-state index in [-0.39, 0.29) is 0 Å². The Bertz CT molecular complexity index is 254. The molecule has 1 fully saturated rings. The summed E-state index contributed by atoms with van der Waals surface area (Å²) in [6.45, 7) is 4.43. The van der Waals surface area contributed by atoms with E-state index in [1.54, 1.807) is 6.33 Å². The molecule has 1 aliphatic heterocycles. The van der Waals surface area contributed by atoms with Gasteiger partial charge in [-0.05, 0) is 25.9 Å². The minimum atomic E-state index is 1.10. The maximum Gasteiger partial charge on any atom is 0.115 e. The van der Waals surface area contributed by atoms with Crippen molar-refractivity contribution in [3.63, 3.8) is 0 Å². The van der Waals surface area contributed by atoms with Crippen LogP contribution in [0.4, 0.5) is 5.69 Å². The molecule has 1 N–H and O–H groups in total. The summed E-state index contributed by atoms with van der Waals surface area (Å²) < 4.78 is 0. The smallest absolute Gasteiger partial charge is 0.115 e. The topological polar surface area (TPSA) is 41.1 Å². The highest BCUT2D eigenvalue weighted by molar-refractivity contribution is 5.41. The van der Waals surface area contributed by atoms with Gasteiger partial charge in [0, 0.05) is 13.1 Å². The Morgan fingerprint density at radius 2 is 1.71 bits per heavy atom. The van der Waals surface area contributed by atoms with Crippen LogP contribution in [0.1, 0.15) is 12.8 Å². The Morgan fingerprint density at radius 1 is 1.07 bits per heavy atom. The molecule has 0 spiro atoms. The Hall–Kier alpha value is -1.16. The quantitative estimate of drug-likeness (QED) is 0.710. The van der Waals surface area contributed by atoms with Crippen molar-refractivity contribution in [3.8, 4) is 0 Å². The maximum absolute atomic E-state index is 4.05. The average molecular weight is 192 g/mol. The zero-order valence-electron chi connectivity index (χ0n) is 8.32. The van der Waals surface area contributed by atoms with Crippen LogP contribution in [0.15, 0.2) is 18.7 Å². The molecule has 4 nitrogen and oxygen atoms in total. The molecule has 0 unspecified atom stereocenters. The van der Waals surface area contributed by atoms with Gasteiger partial charge >= 0.3 is 0 Å². The lowest BCUT2D eigenvalue weighted by Gasteiger charge is -2.26. The molecule has 0 bridgehead atoms. The second-order valence-corrected chi connectivity index (χ2v) is 3.54. The van der Waals surface area contributed by atoms with Crippen LogP contribution in [0.5, 0.6) is 0 Å². The number of nitrogens with zero attached hydrogens (tertiary/aromatic N) is 3. The van der Waals surface area contributed by atoms with Crippen LogP contribution in [0.2, 0.25) is 0 Å². The average Bonchev–Trinajstić information content (AvgIpc) is 2.18. The number of hydrogen-bond acceptors (Lipinski definition) is 4. The summed E-state index contributed by atoms with van der Waals surface area (Å²) in [4.78, 5) is 10.5. The Balaban J connectivity index is 2.01. The van der Waals surface area contributed by atoms with E-state index in [1.807, 2.05) is 12.4 Å². The molecule has 0 aliphatic carbocycles. The molecular formula is C10H16N4. The van der Waals surface area contributed by atoms with Crippen LogP contribution < -0.4 is 10.2 Å². The van der Waals surface area contributed by atoms with Gasteiger partial charge in [0.1, 0.15) is 6.33 Å². The first kappa shape index (κ1) is 9.40. The summed E-state index contributed by atoms with van der Waals surface area (Å²) in [5.41, 5.74) is 1.15. The summed E-state index contributed by atoms with van der Waals surface area (Å²) >= 11 is 0. The number of hydrogen-bond donors (Lipinski definition) is 1. The molecule has 0 radical (unpaired) electrons. The van der Waals surface area contributed by atoms with Crippen LogP contribution in [0, 0.1) is 0 Å². The fourth-order valence-corrected chi connectivity index (χ4v) is 1.74. The Kier molecular flexibility index (Phi) is 3.29. The first-order valence-electron chi connectivity index (χ1n) is 5.17. The fraction of sp³-hybridized carbons (Fsp3) is 0.600. The van der Waals surface area contributed by atoms with E-state index in [0.29, 0.717) is 0 Å². The number of nitrogens with one attached hydrogen (secondary N) is 1. The van der Waals surface area contributed by atoms with Gasteiger partial charge in [-0.15, -0.1) is 0 Å². The van der Waals surface area contributed by atoms with Crippen molar-refractivity contribution in [3.05, 3.63) is 18.7 Å². The minimum Gasteiger partial charge on any atom is -0.369 e. The van der Waals surface area contributed by atoms with Gasteiger partial charge in [-0.25, -0.2) is 9.97 Å². The Labute approximate surface area is 84.4 Å². The summed E-state index contributed by atoms with van der Waals surface area (Å²) in [5, 5.41) is 3.40. The van der Waals surface area contributed by atoms with E-state index < -0.39 is 0 Å². The van der Waals surface area contributed by atoms with Crippen molar-refractivity contribution < 1.29 is 0 Å². The monoisotopic (exact) mass is 192 g/mol. The molecule has 0 amide bonds. The zero-order chi connectivity index (χ0) is 9.64. The van der Waals surface area contributed by atoms with E-state index in [2.05, 4.69) is 20.2 Å². The third-order valence-electron chi connectivity index (χ3n) is 2.48. The second-order valence-electron chi connectivity index (χ2n) is 3.54. The van der Waals surface area contributed by atoms with Crippen LogP contribution >= 0.6 is 0 Å². The fourth-order valence-electron chi connectivity index (χ4n) is 1.74. The van der Waals surface area contributed by atoms with Crippen molar-refractivity contribution in [2.24, 2.45) is 0 Å². The molecule has 1 aliphatic rings. The van der Waals surface area contributed by atoms with Gasteiger partial charge in [-0.1, -0.05) is 0 Å². The summed E-state index contributed by atoms with van der Waals surface area (Å²) in [7, 11) is 0. The van der Waals surface area contributed by atoms with Gasteiger partial charge in [0.15, 0.2) is 0 Å². The minimum absolute atomic E-state index is 1.10. The predicted molar refractivity (Wildman–Crippen MR) is 56.3 cm³/mol. The van der Waals surface area contributed by atoms with Crippen LogP contribution in [-0.4, -0.2) is 36.1 Å². The predicted octanol–water partition coefficient (Wildman–Crippen LogP) is 0.666.